The van der Waals surface area contributed by atoms with Crippen LogP contribution in [0.4, 0.5) is 0 Å². The van der Waals surface area contributed by atoms with Gasteiger partial charge in [0.05, 0.1) is 7.11 Å². The molecule has 98 valence electrons. The lowest BCUT2D eigenvalue weighted by Gasteiger charge is -2.24. The van der Waals surface area contributed by atoms with Gasteiger partial charge in [0.25, 0.3) is 0 Å². The van der Waals surface area contributed by atoms with Crippen molar-refractivity contribution in [3.05, 3.63) is 28.8 Å². The lowest BCUT2D eigenvalue weighted by atomic mass is 9.94. The highest BCUT2D eigenvalue weighted by atomic mass is 35.5. The Labute approximate surface area is 115 Å². The fourth-order valence-corrected chi connectivity index (χ4v) is 3.82. The molecular weight excluding hydrogens is 272 g/mol. The zero-order valence-corrected chi connectivity index (χ0v) is 11.7. The minimum atomic E-state index is -0.743. The first kappa shape index (κ1) is 13.6. The van der Waals surface area contributed by atoms with Crippen LogP contribution in [0.1, 0.15) is 18.4 Å². The van der Waals surface area contributed by atoms with Crippen molar-refractivity contribution < 1.29 is 14.6 Å². The van der Waals surface area contributed by atoms with Crippen LogP contribution in [0.5, 0.6) is 5.75 Å². The second-order valence-electron chi connectivity index (χ2n) is 4.38. The summed E-state index contributed by atoms with van der Waals surface area (Å²) in [7, 11) is 1.59. The summed E-state index contributed by atoms with van der Waals surface area (Å²) in [6, 6.07) is 5.33. The summed E-state index contributed by atoms with van der Waals surface area (Å²) in [5.41, 5.74) is 0.863. The Morgan fingerprint density at radius 3 is 2.94 bits per heavy atom. The molecule has 0 bridgehead atoms. The summed E-state index contributed by atoms with van der Waals surface area (Å²) in [5, 5.41) is 10.1. The Balaban J connectivity index is 2.32. The van der Waals surface area contributed by atoms with Crippen LogP contribution in [0.25, 0.3) is 0 Å². The highest BCUT2D eigenvalue weighted by Crippen LogP contribution is 2.42. The van der Waals surface area contributed by atoms with Crippen molar-refractivity contribution in [1.29, 1.82) is 0 Å². The minimum Gasteiger partial charge on any atom is -0.496 e. The summed E-state index contributed by atoms with van der Waals surface area (Å²) in [6.45, 7) is 0. The number of benzene rings is 1. The molecule has 1 aliphatic rings. The van der Waals surface area contributed by atoms with E-state index in [1.165, 1.54) is 11.8 Å². The van der Waals surface area contributed by atoms with E-state index in [1.807, 2.05) is 0 Å². The Morgan fingerprint density at radius 2 is 2.39 bits per heavy atom. The molecule has 1 fully saturated rings. The van der Waals surface area contributed by atoms with Gasteiger partial charge < -0.3 is 9.84 Å². The van der Waals surface area contributed by atoms with Crippen molar-refractivity contribution in [1.82, 2.24) is 0 Å². The zero-order valence-electron chi connectivity index (χ0n) is 10.1. The van der Waals surface area contributed by atoms with Crippen LogP contribution in [-0.2, 0) is 11.2 Å². The molecule has 1 saturated heterocycles. The third-order valence-electron chi connectivity index (χ3n) is 3.21. The van der Waals surface area contributed by atoms with Gasteiger partial charge >= 0.3 is 5.97 Å². The fourth-order valence-electron chi connectivity index (χ4n) is 2.27. The quantitative estimate of drug-likeness (QED) is 0.923. The number of hydrogen-bond acceptors (Lipinski definition) is 3. The molecule has 18 heavy (non-hydrogen) atoms. The van der Waals surface area contributed by atoms with E-state index in [2.05, 4.69) is 0 Å². The molecule has 0 radical (unpaired) electrons. The van der Waals surface area contributed by atoms with E-state index in [9.17, 15) is 9.90 Å². The molecule has 1 aromatic carbocycles. The molecule has 0 aromatic heterocycles. The molecule has 0 spiro atoms. The lowest BCUT2D eigenvalue weighted by molar-refractivity contribution is -0.139. The molecule has 1 atom stereocenters. The number of hydrogen-bond donors (Lipinski definition) is 1. The van der Waals surface area contributed by atoms with Gasteiger partial charge in [-0.2, -0.15) is 0 Å². The molecule has 1 heterocycles. The van der Waals surface area contributed by atoms with Crippen LogP contribution in [0, 0.1) is 0 Å². The van der Waals surface area contributed by atoms with E-state index < -0.39 is 10.7 Å². The molecule has 1 aliphatic heterocycles. The van der Waals surface area contributed by atoms with E-state index in [1.54, 1.807) is 25.3 Å². The van der Waals surface area contributed by atoms with Crippen LogP contribution < -0.4 is 4.74 Å². The topological polar surface area (TPSA) is 46.5 Å². The van der Waals surface area contributed by atoms with Crippen molar-refractivity contribution in [3.63, 3.8) is 0 Å². The molecule has 3 nitrogen and oxygen atoms in total. The number of halogens is 1. The average Bonchev–Trinajstić information content (AvgIpc) is 2.79. The zero-order chi connectivity index (χ0) is 13.2. The lowest BCUT2D eigenvalue weighted by Crippen LogP contribution is -2.34. The molecule has 0 saturated carbocycles. The maximum atomic E-state index is 11.5. The van der Waals surface area contributed by atoms with Crippen LogP contribution >= 0.6 is 23.4 Å². The van der Waals surface area contributed by atoms with E-state index >= 15 is 0 Å². The highest BCUT2D eigenvalue weighted by Gasteiger charge is 2.42. The normalized spacial score (nSPS) is 23.0. The second-order valence-corrected chi connectivity index (χ2v) is 6.30. The highest BCUT2D eigenvalue weighted by molar-refractivity contribution is 8.01. The number of carboxylic acids is 1. The number of aliphatic carboxylic acids is 1. The fraction of sp³-hybridized carbons (Fsp3) is 0.462. The van der Waals surface area contributed by atoms with Crippen molar-refractivity contribution >= 4 is 29.3 Å². The van der Waals surface area contributed by atoms with Gasteiger partial charge in [0.2, 0.25) is 0 Å². The predicted molar refractivity (Wildman–Crippen MR) is 73.8 cm³/mol. The molecular formula is C13H15ClO3S. The summed E-state index contributed by atoms with van der Waals surface area (Å²) in [6.07, 6.45) is 2.10. The number of carboxylic acid groups (broad SMARTS) is 1. The summed E-state index contributed by atoms with van der Waals surface area (Å²) in [5.74, 6) is 0.856. The number of carbonyl (C=O) groups is 1. The van der Waals surface area contributed by atoms with Crippen molar-refractivity contribution in [2.75, 3.05) is 12.9 Å². The Morgan fingerprint density at radius 1 is 1.61 bits per heavy atom. The van der Waals surface area contributed by atoms with Gasteiger partial charge in [-0.05, 0) is 42.4 Å². The van der Waals surface area contributed by atoms with Gasteiger partial charge in [0.15, 0.2) is 0 Å². The van der Waals surface area contributed by atoms with Crippen LogP contribution in [0.15, 0.2) is 18.2 Å². The van der Waals surface area contributed by atoms with E-state index in [4.69, 9.17) is 16.3 Å². The van der Waals surface area contributed by atoms with Crippen LogP contribution in [-0.4, -0.2) is 28.7 Å². The van der Waals surface area contributed by atoms with Gasteiger partial charge in [-0.1, -0.05) is 11.6 Å². The first-order valence-electron chi connectivity index (χ1n) is 5.77. The predicted octanol–water partition coefficient (Wildman–Crippen LogP) is 3.24. The van der Waals surface area contributed by atoms with Gasteiger partial charge in [-0.15, -0.1) is 11.8 Å². The molecule has 1 unspecified atom stereocenters. The van der Waals surface area contributed by atoms with Gasteiger partial charge in [0.1, 0.15) is 10.5 Å². The molecule has 0 aliphatic carbocycles. The van der Waals surface area contributed by atoms with Gasteiger partial charge in [0, 0.05) is 11.4 Å². The first-order valence-corrected chi connectivity index (χ1v) is 7.13. The maximum absolute atomic E-state index is 11.5. The summed E-state index contributed by atoms with van der Waals surface area (Å²) < 4.78 is 4.55. The van der Waals surface area contributed by atoms with Crippen LogP contribution in [0.2, 0.25) is 5.02 Å². The van der Waals surface area contributed by atoms with Crippen LogP contribution in [0.3, 0.4) is 0 Å². The van der Waals surface area contributed by atoms with Crippen molar-refractivity contribution in [2.45, 2.75) is 24.0 Å². The first-order chi connectivity index (χ1) is 8.57. The molecule has 0 amide bonds. The number of rotatable bonds is 4. The molecule has 2 rings (SSSR count). The Kier molecular flexibility index (Phi) is 4.07. The average molecular weight is 287 g/mol. The molecule has 5 heteroatoms. The molecule has 1 N–H and O–H groups in total. The van der Waals surface area contributed by atoms with Gasteiger partial charge in [-0.25, -0.2) is 0 Å². The third kappa shape index (κ3) is 2.59. The smallest absolute Gasteiger partial charge is 0.320 e. The standard InChI is InChI=1S/C13H15ClO3S/c1-17-11-4-3-10(14)7-9(11)8-13(12(15)16)5-2-6-18-13/h3-4,7H,2,5-6,8H2,1H3,(H,15,16). The van der Waals surface area contributed by atoms with E-state index in [-0.39, 0.29) is 0 Å². The minimum absolute atomic E-state index is 0.455. The largest absolute Gasteiger partial charge is 0.496 e. The number of ether oxygens (including phenoxy) is 1. The van der Waals surface area contributed by atoms with Gasteiger partial charge in [-0.3, -0.25) is 4.79 Å². The number of thioether (sulfide) groups is 1. The molecule has 1 aromatic rings. The SMILES string of the molecule is COc1ccc(Cl)cc1CC1(C(=O)O)CCCS1. The Hall–Kier alpha value is -0.870. The van der Waals surface area contributed by atoms with E-state index in [0.29, 0.717) is 23.6 Å². The third-order valence-corrected chi connectivity index (χ3v) is 5.02. The summed E-state index contributed by atoms with van der Waals surface area (Å²) in [4.78, 5) is 11.5. The Bertz CT molecular complexity index is 456. The van der Waals surface area contributed by atoms with Crippen molar-refractivity contribution in [2.24, 2.45) is 0 Å². The second kappa shape index (κ2) is 5.41. The number of methoxy groups -OCH3 is 1. The maximum Gasteiger partial charge on any atom is 0.320 e. The van der Waals surface area contributed by atoms with E-state index in [0.717, 1.165) is 17.7 Å². The summed E-state index contributed by atoms with van der Waals surface area (Å²) >= 11 is 7.49. The monoisotopic (exact) mass is 286 g/mol. The van der Waals surface area contributed by atoms with Crippen molar-refractivity contribution in [3.8, 4) is 5.75 Å².